The summed E-state index contributed by atoms with van der Waals surface area (Å²) in [7, 11) is 0. The fourth-order valence-electron chi connectivity index (χ4n) is 3.73. The zero-order chi connectivity index (χ0) is 18.0. The van der Waals surface area contributed by atoms with Crippen LogP contribution >= 0.6 is 0 Å². The molecular formula is C19H25N3O3. The zero-order valence-corrected chi connectivity index (χ0v) is 14.7. The van der Waals surface area contributed by atoms with E-state index in [0.717, 1.165) is 16.9 Å². The summed E-state index contributed by atoms with van der Waals surface area (Å²) >= 11 is 0. The number of amides is 1. The van der Waals surface area contributed by atoms with Crippen molar-refractivity contribution in [3.05, 3.63) is 30.1 Å². The van der Waals surface area contributed by atoms with Crippen LogP contribution < -0.4 is 5.32 Å². The van der Waals surface area contributed by atoms with E-state index in [1.54, 1.807) is 0 Å². The fourth-order valence-corrected chi connectivity index (χ4v) is 3.73. The Kier molecular flexibility index (Phi) is 5.06. The Hall–Kier alpha value is -2.37. The molecule has 2 aromatic rings. The lowest BCUT2D eigenvalue weighted by Crippen LogP contribution is -2.32. The fraction of sp³-hybridized carbons (Fsp3) is 0.526. The zero-order valence-electron chi connectivity index (χ0n) is 14.7. The molecule has 6 heteroatoms. The summed E-state index contributed by atoms with van der Waals surface area (Å²) in [5.41, 5.74) is 2.08. The maximum absolute atomic E-state index is 12.3. The predicted octanol–water partition coefficient (Wildman–Crippen LogP) is 2.78. The molecule has 1 aromatic carbocycles. The highest BCUT2D eigenvalue weighted by molar-refractivity contribution is 5.81. The monoisotopic (exact) mass is 343 g/mol. The van der Waals surface area contributed by atoms with Gasteiger partial charge in [-0.1, -0.05) is 12.1 Å². The third-order valence-corrected chi connectivity index (χ3v) is 4.99. The van der Waals surface area contributed by atoms with Crippen molar-refractivity contribution < 1.29 is 14.7 Å². The van der Waals surface area contributed by atoms with Crippen LogP contribution in [0.3, 0.4) is 0 Å². The van der Waals surface area contributed by atoms with E-state index in [1.165, 1.54) is 0 Å². The Bertz CT molecular complexity index is 781. The van der Waals surface area contributed by atoms with Crippen LogP contribution in [0.1, 0.15) is 45.0 Å². The average molecular weight is 343 g/mol. The van der Waals surface area contributed by atoms with Gasteiger partial charge in [0.15, 0.2) is 0 Å². The molecule has 134 valence electrons. The largest absolute Gasteiger partial charge is 0.481 e. The first kappa shape index (κ1) is 17.5. The van der Waals surface area contributed by atoms with E-state index in [2.05, 4.69) is 29.8 Å². The molecule has 1 aliphatic rings. The number of carbonyl (C=O) groups excluding carboxylic acids is 1. The van der Waals surface area contributed by atoms with Gasteiger partial charge in [-0.05, 0) is 45.2 Å². The van der Waals surface area contributed by atoms with Crippen LogP contribution in [0.5, 0.6) is 0 Å². The highest BCUT2D eigenvalue weighted by Gasteiger charge is 2.33. The number of nitrogens with zero attached hydrogens (tertiary/aromatic N) is 2. The van der Waals surface area contributed by atoms with Gasteiger partial charge in [0.05, 0.1) is 17.0 Å². The number of hydrogen-bond acceptors (Lipinski definition) is 3. The van der Waals surface area contributed by atoms with Crippen LogP contribution in [-0.4, -0.2) is 33.1 Å². The summed E-state index contributed by atoms with van der Waals surface area (Å²) in [5.74, 6) is -0.408. The third kappa shape index (κ3) is 3.67. The highest BCUT2D eigenvalue weighted by atomic mass is 16.4. The standard InChI is InChI=1S/C19H25N3O3/c1-12(2)22-16-6-4-3-5-15(16)21-17(22)9-10-20-18(23)13-7-8-14(11-13)19(24)25/h3-6,12-14H,7-11H2,1-2H3,(H,20,23)(H,24,25)/t13-,14+/m1/s1. The Balaban J connectivity index is 1.61. The van der Waals surface area contributed by atoms with Crippen molar-refractivity contribution in [2.24, 2.45) is 11.8 Å². The van der Waals surface area contributed by atoms with Crippen LogP contribution in [0.15, 0.2) is 24.3 Å². The number of imidazole rings is 1. The van der Waals surface area contributed by atoms with Gasteiger partial charge in [-0.3, -0.25) is 9.59 Å². The summed E-state index contributed by atoms with van der Waals surface area (Å²) < 4.78 is 2.21. The van der Waals surface area contributed by atoms with E-state index >= 15 is 0 Å². The number of aromatic nitrogens is 2. The average Bonchev–Trinajstić information content (AvgIpc) is 3.19. The van der Waals surface area contributed by atoms with Crippen molar-refractivity contribution in [3.8, 4) is 0 Å². The van der Waals surface area contributed by atoms with Crippen molar-refractivity contribution in [1.29, 1.82) is 0 Å². The van der Waals surface area contributed by atoms with Gasteiger partial charge < -0.3 is 15.0 Å². The van der Waals surface area contributed by atoms with Crippen molar-refractivity contribution in [2.75, 3.05) is 6.54 Å². The molecule has 2 N–H and O–H groups in total. The van der Waals surface area contributed by atoms with Gasteiger partial charge in [-0.25, -0.2) is 4.98 Å². The van der Waals surface area contributed by atoms with Crippen molar-refractivity contribution in [2.45, 2.75) is 45.6 Å². The molecule has 2 atom stereocenters. The van der Waals surface area contributed by atoms with Gasteiger partial charge in [-0.15, -0.1) is 0 Å². The molecule has 1 aromatic heterocycles. The van der Waals surface area contributed by atoms with Crippen LogP contribution in [0, 0.1) is 11.8 Å². The van der Waals surface area contributed by atoms with E-state index in [4.69, 9.17) is 10.1 Å². The van der Waals surface area contributed by atoms with Crippen LogP contribution in [0.4, 0.5) is 0 Å². The molecule has 1 saturated carbocycles. The summed E-state index contributed by atoms with van der Waals surface area (Å²) in [4.78, 5) is 28.0. The molecule has 1 heterocycles. The smallest absolute Gasteiger partial charge is 0.306 e. The molecule has 0 spiro atoms. The van der Waals surface area contributed by atoms with E-state index in [0.29, 0.717) is 38.3 Å². The summed E-state index contributed by atoms with van der Waals surface area (Å²) in [6.07, 6.45) is 2.36. The minimum atomic E-state index is -0.791. The number of benzene rings is 1. The first-order valence-electron chi connectivity index (χ1n) is 8.93. The molecule has 6 nitrogen and oxygen atoms in total. The number of hydrogen-bond donors (Lipinski definition) is 2. The minimum absolute atomic E-state index is 0.0315. The second kappa shape index (κ2) is 7.25. The van der Waals surface area contributed by atoms with Crippen LogP contribution in [-0.2, 0) is 16.0 Å². The number of fused-ring (bicyclic) bond motifs is 1. The van der Waals surface area contributed by atoms with Gasteiger partial charge in [-0.2, -0.15) is 0 Å². The van der Waals surface area contributed by atoms with E-state index in [9.17, 15) is 9.59 Å². The molecule has 25 heavy (non-hydrogen) atoms. The molecule has 1 aliphatic carbocycles. The second-order valence-electron chi connectivity index (χ2n) is 7.07. The Labute approximate surface area is 147 Å². The number of carbonyl (C=O) groups is 2. The van der Waals surface area contributed by atoms with Gasteiger partial charge in [0, 0.05) is 24.9 Å². The molecule has 0 unspecified atom stereocenters. The molecular weight excluding hydrogens is 318 g/mol. The number of aliphatic carboxylic acids is 1. The first-order chi connectivity index (χ1) is 12.0. The van der Waals surface area contributed by atoms with Crippen LogP contribution in [0.2, 0.25) is 0 Å². The SMILES string of the molecule is CC(C)n1c(CCNC(=O)[C@@H]2CC[C@H](C(=O)O)C2)nc2ccccc21. The van der Waals surface area contributed by atoms with E-state index in [-0.39, 0.29) is 17.7 Å². The quantitative estimate of drug-likeness (QED) is 0.845. The first-order valence-corrected chi connectivity index (χ1v) is 8.93. The maximum atomic E-state index is 12.3. The number of carboxylic acids is 1. The molecule has 0 aliphatic heterocycles. The third-order valence-electron chi connectivity index (χ3n) is 4.99. The summed E-state index contributed by atoms with van der Waals surface area (Å²) in [6, 6.07) is 8.34. The van der Waals surface area contributed by atoms with Crippen LogP contribution in [0.25, 0.3) is 11.0 Å². The number of para-hydroxylation sites is 2. The lowest BCUT2D eigenvalue weighted by molar-refractivity contribution is -0.141. The molecule has 3 rings (SSSR count). The molecule has 0 saturated heterocycles. The lowest BCUT2D eigenvalue weighted by Gasteiger charge is -2.14. The van der Waals surface area contributed by atoms with Gasteiger partial charge in [0.25, 0.3) is 0 Å². The van der Waals surface area contributed by atoms with Gasteiger partial charge in [0.1, 0.15) is 5.82 Å². The Morgan fingerprint density at radius 2 is 2.00 bits per heavy atom. The predicted molar refractivity (Wildman–Crippen MR) is 95.3 cm³/mol. The summed E-state index contributed by atoms with van der Waals surface area (Å²) in [5, 5.41) is 12.0. The molecule has 1 amide bonds. The van der Waals surface area contributed by atoms with Crippen molar-refractivity contribution in [1.82, 2.24) is 14.9 Å². The lowest BCUT2D eigenvalue weighted by atomic mass is 10.0. The number of nitrogens with one attached hydrogen (secondary N) is 1. The second-order valence-corrected chi connectivity index (χ2v) is 7.07. The molecule has 0 bridgehead atoms. The van der Waals surface area contributed by atoms with Crippen molar-refractivity contribution in [3.63, 3.8) is 0 Å². The Morgan fingerprint density at radius 1 is 1.28 bits per heavy atom. The van der Waals surface area contributed by atoms with Crippen molar-refractivity contribution >= 4 is 22.9 Å². The van der Waals surface area contributed by atoms with Gasteiger partial charge >= 0.3 is 5.97 Å². The molecule has 1 fully saturated rings. The number of rotatable bonds is 6. The molecule has 0 radical (unpaired) electrons. The Morgan fingerprint density at radius 3 is 2.68 bits per heavy atom. The topological polar surface area (TPSA) is 84.2 Å². The highest BCUT2D eigenvalue weighted by Crippen LogP contribution is 2.31. The number of carboxylic acid groups (broad SMARTS) is 1. The minimum Gasteiger partial charge on any atom is -0.481 e. The van der Waals surface area contributed by atoms with E-state index < -0.39 is 5.97 Å². The van der Waals surface area contributed by atoms with Gasteiger partial charge in [0.2, 0.25) is 5.91 Å². The maximum Gasteiger partial charge on any atom is 0.306 e. The summed E-state index contributed by atoms with van der Waals surface area (Å²) in [6.45, 7) is 4.77. The normalized spacial score (nSPS) is 20.3. The van der Waals surface area contributed by atoms with E-state index in [1.807, 2.05) is 18.2 Å².